The number of rotatable bonds is 4. The van der Waals surface area contributed by atoms with E-state index in [-0.39, 0.29) is 18.2 Å². The minimum atomic E-state index is -0.612. The second-order valence-electron chi connectivity index (χ2n) is 5.88. The van der Waals surface area contributed by atoms with Crippen molar-refractivity contribution in [3.05, 3.63) is 62.4 Å². The van der Waals surface area contributed by atoms with Crippen LogP contribution in [-0.4, -0.2) is 28.2 Å². The summed E-state index contributed by atoms with van der Waals surface area (Å²) < 4.78 is 6.49. The van der Waals surface area contributed by atoms with Crippen molar-refractivity contribution in [1.82, 2.24) is 9.55 Å². The second kappa shape index (κ2) is 6.84. The number of H-pyrrole nitrogens is 1. The van der Waals surface area contributed by atoms with E-state index >= 15 is 0 Å². The molecule has 2 heterocycles. The Kier molecular flexibility index (Phi) is 4.61. The van der Waals surface area contributed by atoms with Crippen molar-refractivity contribution < 1.29 is 9.53 Å². The maximum absolute atomic E-state index is 12.5. The van der Waals surface area contributed by atoms with Gasteiger partial charge in [0, 0.05) is 18.5 Å². The number of benzene rings is 1. The first-order valence-electron chi connectivity index (χ1n) is 7.87. The van der Waals surface area contributed by atoms with Crippen molar-refractivity contribution in [2.75, 3.05) is 11.9 Å². The van der Waals surface area contributed by atoms with Crippen LogP contribution < -0.4 is 16.6 Å². The number of anilines is 1. The lowest BCUT2D eigenvalue weighted by molar-refractivity contribution is 0.0941. The molecule has 1 aromatic heterocycles. The lowest BCUT2D eigenvalue weighted by Gasteiger charge is -2.12. The summed E-state index contributed by atoms with van der Waals surface area (Å²) in [5.41, 5.74) is 0.396. The Hall–Kier alpha value is -2.67. The number of aromatic amines is 1. The maximum Gasteiger partial charge on any atom is 0.328 e. The van der Waals surface area contributed by atoms with Gasteiger partial charge in [-0.15, -0.1) is 0 Å². The molecule has 0 radical (unpaired) electrons. The summed E-state index contributed by atoms with van der Waals surface area (Å²) in [6.45, 7) is 2.72. The van der Waals surface area contributed by atoms with Crippen molar-refractivity contribution >= 4 is 11.6 Å². The van der Waals surface area contributed by atoms with Gasteiger partial charge in [0.25, 0.3) is 11.5 Å². The van der Waals surface area contributed by atoms with Gasteiger partial charge in [-0.3, -0.25) is 14.2 Å². The van der Waals surface area contributed by atoms with E-state index in [4.69, 9.17) is 4.74 Å². The first-order chi connectivity index (χ1) is 11.5. The fraction of sp³-hybridized carbons (Fsp3) is 0.353. The van der Waals surface area contributed by atoms with Crippen molar-refractivity contribution in [2.45, 2.75) is 32.4 Å². The molecule has 0 bridgehead atoms. The molecule has 1 aliphatic heterocycles. The molecule has 7 nitrogen and oxygen atoms in total. The van der Waals surface area contributed by atoms with Crippen LogP contribution in [0.2, 0.25) is 0 Å². The van der Waals surface area contributed by atoms with Crippen LogP contribution in [0.15, 0.2) is 40.1 Å². The first kappa shape index (κ1) is 16.2. The molecule has 1 saturated heterocycles. The fourth-order valence-electron chi connectivity index (χ4n) is 2.67. The van der Waals surface area contributed by atoms with Crippen LogP contribution in [0.1, 0.15) is 28.8 Å². The SMILES string of the molecule is Cc1ccc(NC(=O)c2c[nH]c(=O)n(CC3CCCO3)c2=O)cc1. The average molecular weight is 329 g/mol. The second-order valence-corrected chi connectivity index (χ2v) is 5.88. The normalized spacial score (nSPS) is 17.0. The molecule has 1 fully saturated rings. The molecule has 2 aromatic rings. The number of nitrogens with zero attached hydrogens (tertiary/aromatic N) is 1. The number of aromatic nitrogens is 2. The molecular formula is C17H19N3O4. The van der Waals surface area contributed by atoms with Crippen molar-refractivity contribution in [2.24, 2.45) is 0 Å². The molecule has 3 rings (SSSR count). The van der Waals surface area contributed by atoms with Crippen LogP contribution in [0.3, 0.4) is 0 Å². The van der Waals surface area contributed by atoms with Crippen molar-refractivity contribution in [1.29, 1.82) is 0 Å². The molecule has 1 amide bonds. The van der Waals surface area contributed by atoms with Gasteiger partial charge in [-0.05, 0) is 31.9 Å². The predicted molar refractivity (Wildman–Crippen MR) is 89.4 cm³/mol. The lowest BCUT2D eigenvalue weighted by atomic mass is 10.2. The molecule has 1 aliphatic rings. The summed E-state index contributed by atoms with van der Waals surface area (Å²) in [6, 6.07) is 7.23. The monoisotopic (exact) mass is 329 g/mol. The molecule has 1 unspecified atom stereocenters. The Morgan fingerprint density at radius 2 is 2.08 bits per heavy atom. The van der Waals surface area contributed by atoms with Crippen LogP contribution in [0, 0.1) is 6.92 Å². The van der Waals surface area contributed by atoms with Gasteiger partial charge in [0.15, 0.2) is 0 Å². The molecule has 2 N–H and O–H groups in total. The maximum atomic E-state index is 12.5. The van der Waals surface area contributed by atoms with E-state index in [0.29, 0.717) is 12.3 Å². The van der Waals surface area contributed by atoms with Crippen molar-refractivity contribution in [3.63, 3.8) is 0 Å². The zero-order valence-corrected chi connectivity index (χ0v) is 13.4. The number of amides is 1. The van der Waals surface area contributed by atoms with Gasteiger partial charge >= 0.3 is 5.69 Å². The number of hydrogen-bond acceptors (Lipinski definition) is 4. The van der Waals surface area contributed by atoms with Crippen LogP contribution in [0.4, 0.5) is 5.69 Å². The van der Waals surface area contributed by atoms with E-state index in [9.17, 15) is 14.4 Å². The number of carbonyl (C=O) groups is 1. The standard InChI is InChI=1S/C17H19N3O4/c1-11-4-6-12(7-5-11)19-15(21)14-9-18-17(23)20(16(14)22)10-13-3-2-8-24-13/h4-7,9,13H,2-3,8,10H2,1H3,(H,18,23)(H,19,21). The average Bonchev–Trinajstić information content (AvgIpc) is 3.06. The fourth-order valence-corrected chi connectivity index (χ4v) is 2.67. The van der Waals surface area contributed by atoms with Gasteiger partial charge < -0.3 is 15.0 Å². The van der Waals surface area contributed by atoms with E-state index in [2.05, 4.69) is 10.3 Å². The summed E-state index contributed by atoms with van der Waals surface area (Å²) in [5.74, 6) is -0.554. The van der Waals surface area contributed by atoms with Gasteiger partial charge in [-0.25, -0.2) is 4.79 Å². The molecule has 1 atom stereocenters. The summed E-state index contributed by atoms with van der Waals surface area (Å²) in [6.07, 6.45) is 2.69. The highest BCUT2D eigenvalue weighted by atomic mass is 16.5. The molecule has 24 heavy (non-hydrogen) atoms. The van der Waals surface area contributed by atoms with Crippen LogP contribution in [0.25, 0.3) is 0 Å². The highest BCUT2D eigenvalue weighted by Crippen LogP contribution is 2.13. The number of nitrogens with one attached hydrogen (secondary N) is 2. The summed E-state index contributed by atoms with van der Waals surface area (Å²) in [5, 5.41) is 2.66. The highest BCUT2D eigenvalue weighted by Gasteiger charge is 2.20. The summed E-state index contributed by atoms with van der Waals surface area (Å²) >= 11 is 0. The Bertz CT molecular complexity index is 845. The van der Waals surface area contributed by atoms with E-state index in [1.165, 1.54) is 0 Å². The molecule has 7 heteroatoms. The number of ether oxygens (including phenoxy) is 1. The minimum absolute atomic E-state index is 0.104. The smallest absolute Gasteiger partial charge is 0.328 e. The van der Waals surface area contributed by atoms with E-state index in [1.807, 2.05) is 19.1 Å². The molecule has 126 valence electrons. The summed E-state index contributed by atoms with van der Waals surface area (Å²) in [4.78, 5) is 39.2. The third kappa shape index (κ3) is 3.46. The van der Waals surface area contributed by atoms with E-state index < -0.39 is 17.2 Å². The van der Waals surface area contributed by atoms with Gasteiger partial charge in [0.1, 0.15) is 5.56 Å². The van der Waals surface area contributed by atoms with Crippen LogP contribution in [0.5, 0.6) is 0 Å². The van der Waals surface area contributed by atoms with Crippen LogP contribution >= 0.6 is 0 Å². The first-order valence-corrected chi connectivity index (χ1v) is 7.87. The Morgan fingerprint density at radius 3 is 2.75 bits per heavy atom. The molecule has 0 spiro atoms. The molecule has 0 saturated carbocycles. The van der Waals surface area contributed by atoms with Gasteiger partial charge in [-0.1, -0.05) is 17.7 Å². The van der Waals surface area contributed by atoms with E-state index in [0.717, 1.165) is 29.2 Å². The van der Waals surface area contributed by atoms with Gasteiger partial charge in [0.2, 0.25) is 0 Å². The zero-order chi connectivity index (χ0) is 17.1. The number of carbonyl (C=O) groups excluding carboxylic acids is 1. The largest absolute Gasteiger partial charge is 0.376 e. The van der Waals surface area contributed by atoms with E-state index in [1.54, 1.807) is 12.1 Å². The lowest BCUT2D eigenvalue weighted by Crippen LogP contribution is -2.41. The zero-order valence-electron chi connectivity index (χ0n) is 13.4. The number of aryl methyl sites for hydroxylation is 1. The number of hydrogen-bond donors (Lipinski definition) is 2. The van der Waals surface area contributed by atoms with Gasteiger partial charge in [0.05, 0.1) is 12.6 Å². The topological polar surface area (TPSA) is 93.2 Å². The predicted octanol–water partition coefficient (Wildman–Crippen LogP) is 1.28. The molecule has 1 aromatic carbocycles. The minimum Gasteiger partial charge on any atom is -0.376 e. The Labute approximate surface area is 138 Å². The molecule has 0 aliphatic carbocycles. The van der Waals surface area contributed by atoms with Crippen molar-refractivity contribution in [3.8, 4) is 0 Å². The third-order valence-corrected chi connectivity index (χ3v) is 4.02. The Balaban J connectivity index is 1.84. The molecular weight excluding hydrogens is 310 g/mol. The highest BCUT2D eigenvalue weighted by molar-refractivity contribution is 6.03. The van der Waals surface area contributed by atoms with Crippen LogP contribution in [-0.2, 0) is 11.3 Å². The third-order valence-electron chi connectivity index (χ3n) is 4.02. The van der Waals surface area contributed by atoms with Gasteiger partial charge in [-0.2, -0.15) is 0 Å². The quantitative estimate of drug-likeness (QED) is 0.883. The Morgan fingerprint density at radius 1 is 1.33 bits per heavy atom. The summed E-state index contributed by atoms with van der Waals surface area (Å²) in [7, 11) is 0.